The summed E-state index contributed by atoms with van der Waals surface area (Å²) in [4.78, 5) is 11.1. The predicted octanol–water partition coefficient (Wildman–Crippen LogP) is 5.00. The van der Waals surface area contributed by atoms with Crippen molar-refractivity contribution in [2.45, 2.75) is 46.1 Å². The van der Waals surface area contributed by atoms with Crippen LogP contribution in [0, 0.1) is 16.6 Å². The van der Waals surface area contributed by atoms with Crippen LogP contribution in [-0.2, 0) is 0 Å². The molecule has 2 aliphatic rings. The molecule has 5 nitrogen and oxygen atoms in total. The molecule has 2 fully saturated rings. The maximum atomic E-state index is 13.4. The van der Waals surface area contributed by atoms with Crippen molar-refractivity contribution in [3.05, 3.63) is 35.4 Å². The summed E-state index contributed by atoms with van der Waals surface area (Å²) in [5.74, 6) is 0.819. The molecule has 1 aromatic heterocycles. The van der Waals surface area contributed by atoms with E-state index in [0.29, 0.717) is 28.6 Å². The molecule has 2 aromatic rings. The Morgan fingerprint density at radius 1 is 1.26 bits per heavy atom. The second-order valence-electron chi connectivity index (χ2n) is 9.06. The second-order valence-corrected chi connectivity index (χ2v) is 9.46. The summed E-state index contributed by atoms with van der Waals surface area (Å²) in [6.45, 7) is 7.99. The molecule has 1 saturated carbocycles. The van der Waals surface area contributed by atoms with Crippen LogP contribution in [0.3, 0.4) is 0 Å². The average molecular weight is 390 g/mol. The number of nitrogens with one attached hydrogen (secondary N) is 1. The molecule has 1 saturated heterocycles. The highest BCUT2D eigenvalue weighted by Crippen LogP contribution is 2.54. The van der Waals surface area contributed by atoms with Crippen LogP contribution in [-0.4, -0.2) is 22.6 Å². The van der Waals surface area contributed by atoms with Crippen molar-refractivity contribution in [3.63, 3.8) is 0 Å². The van der Waals surface area contributed by atoms with E-state index in [0.717, 1.165) is 25.2 Å². The molecular formula is C20H25ClFN5. The molecule has 27 heavy (non-hydrogen) atoms. The topological polar surface area (TPSA) is 67.1 Å². The highest BCUT2D eigenvalue weighted by atomic mass is 35.5. The number of hydrogen-bond donors (Lipinski definition) is 2. The van der Waals surface area contributed by atoms with Gasteiger partial charge in [-0.3, -0.25) is 0 Å². The minimum absolute atomic E-state index is 0.0522. The van der Waals surface area contributed by atoms with Crippen LogP contribution in [0.2, 0.25) is 5.02 Å². The summed E-state index contributed by atoms with van der Waals surface area (Å²) in [5, 5.41) is 3.19. The molecular weight excluding hydrogens is 365 g/mol. The van der Waals surface area contributed by atoms with Gasteiger partial charge < -0.3 is 16.0 Å². The minimum Gasteiger partial charge on any atom is -0.393 e. The Morgan fingerprint density at radius 2 is 2.04 bits per heavy atom. The van der Waals surface area contributed by atoms with E-state index in [2.05, 4.69) is 41.0 Å². The van der Waals surface area contributed by atoms with E-state index in [1.165, 1.54) is 24.9 Å². The van der Waals surface area contributed by atoms with Crippen LogP contribution in [0.5, 0.6) is 0 Å². The van der Waals surface area contributed by atoms with Crippen LogP contribution >= 0.6 is 11.6 Å². The maximum Gasteiger partial charge on any atom is 0.159 e. The van der Waals surface area contributed by atoms with Crippen LogP contribution in [0.1, 0.15) is 40.0 Å². The molecule has 3 N–H and O–H groups in total. The zero-order chi connectivity index (χ0) is 19.4. The number of halogens is 2. The van der Waals surface area contributed by atoms with Gasteiger partial charge in [0.05, 0.1) is 5.02 Å². The Bertz CT molecular complexity index is 887. The molecule has 2 heterocycles. The van der Waals surface area contributed by atoms with Crippen molar-refractivity contribution in [2.24, 2.45) is 10.8 Å². The normalized spacial score (nSPS) is 26.3. The summed E-state index contributed by atoms with van der Waals surface area (Å²) < 4.78 is 13.4. The number of nitrogens with two attached hydrogens (primary N) is 1. The van der Waals surface area contributed by atoms with Gasteiger partial charge in [-0.2, -0.15) is 0 Å². The lowest BCUT2D eigenvalue weighted by Crippen LogP contribution is -2.35. The standard InChI is InChI=1S/C20H25ClFN5/c1-19(2)7-13-8-20(3,9-19)10-27(13)18-16(23)17(24-11-25-18)26-12-4-5-15(22)14(21)6-12/h4-6,11,13H,7-10,23H2,1-3H3,(H,24,25,26). The molecule has 7 heteroatoms. The van der Waals surface area contributed by atoms with E-state index in [-0.39, 0.29) is 10.4 Å². The Kier molecular flexibility index (Phi) is 4.22. The van der Waals surface area contributed by atoms with Gasteiger partial charge in [0.15, 0.2) is 11.6 Å². The Labute approximate surface area is 164 Å². The maximum absolute atomic E-state index is 13.4. The highest BCUT2D eigenvalue weighted by molar-refractivity contribution is 6.31. The first kappa shape index (κ1) is 18.3. The number of anilines is 4. The molecule has 144 valence electrons. The largest absolute Gasteiger partial charge is 0.393 e. The molecule has 0 amide bonds. The molecule has 2 unspecified atom stereocenters. The molecule has 1 aromatic carbocycles. The van der Waals surface area contributed by atoms with Crippen LogP contribution in [0.25, 0.3) is 0 Å². The van der Waals surface area contributed by atoms with Crippen LogP contribution in [0.15, 0.2) is 24.5 Å². The lowest BCUT2D eigenvalue weighted by atomic mass is 9.65. The summed E-state index contributed by atoms with van der Waals surface area (Å²) in [5.41, 5.74) is 8.17. The zero-order valence-corrected chi connectivity index (χ0v) is 16.6. The van der Waals surface area contributed by atoms with Gasteiger partial charge in [0.25, 0.3) is 0 Å². The number of nitrogens with zero attached hydrogens (tertiary/aromatic N) is 3. The fourth-order valence-corrected chi connectivity index (χ4v) is 5.31. The third kappa shape index (κ3) is 3.43. The van der Waals surface area contributed by atoms with Crippen molar-refractivity contribution in [1.82, 2.24) is 9.97 Å². The zero-order valence-electron chi connectivity index (χ0n) is 15.9. The first-order chi connectivity index (χ1) is 12.7. The number of nitrogen functional groups attached to an aromatic ring is 1. The summed E-state index contributed by atoms with van der Waals surface area (Å²) in [6, 6.07) is 4.87. The fourth-order valence-electron chi connectivity index (χ4n) is 5.13. The first-order valence-electron chi connectivity index (χ1n) is 9.25. The van der Waals surface area contributed by atoms with Gasteiger partial charge in [0, 0.05) is 18.3 Å². The van der Waals surface area contributed by atoms with E-state index in [1.54, 1.807) is 6.07 Å². The average Bonchev–Trinajstić information content (AvgIpc) is 2.82. The fraction of sp³-hybridized carbons (Fsp3) is 0.500. The summed E-state index contributed by atoms with van der Waals surface area (Å²) in [6.07, 6.45) is 5.02. The number of rotatable bonds is 3. The summed E-state index contributed by atoms with van der Waals surface area (Å²) >= 11 is 5.87. The highest BCUT2D eigenvalue weighted by Gasteiger charge is 2.50. The van der Waals surface area contributed by atoms with Gasteiger partial charge in [0.2, 0.25) is 0 Å². The van der Waals surface area contributed by atoms with E-state index < -0.39 is 5.82 Å². The van der Waals surface area contributed by atoms with Gasteiger partial charge in [-0.15, -0.1) is 0 Å². The Hall–Kier alpha value is -2.08. The monoisotopic (exact) mass is 389 g/mol. The smallest absolute Gasteiger partial charge is 0.159 e. The molecule has 1 aliphatic carbocycles. The molecule has 1 aliphatic heterocycles. The Morgan fingerprint density at radius 3 is 2.78 bits per heavy atom. The lowest BCUT2D eigenvalue weighted by molar-refractivity contribution is 0.136. The van der Waals surface area contributed by atoms with Crippen LogP contribution in [0.4, 0.5) is 27.4 Å². The van der Waals surface area contributed by atoms with Gasteiger partial charge >= 0.3 is 0 Å². The minimum atomic E-state index is -0.459. The molecule has 0 radical (unpaired) electrons. The molecule has 2 bridgehead atoms. The summed E-state index contributed by atoms with van der Waals surface area (Å²) in [7, 11) is 0. The number of fused-ring (bicyclic) bond motifs is 2. The molecule has 0 spiro atoms. The van der Waals surface area contributed by atoms with Crippen molar-refractivity contribution in [3.8, 4) is 0 Å². The third-order valence-electron chi connectivity index (χ3n) is 5.73. The Balaban J connectivity index is 1.64. The van der Waals surface area contributed by atoms with Gasteiger partial charge in [-0.25, -0.2) is 14.4 Å². The second kappa shape index (κ2) is 6.23. The number of benzene rings is 1. The van der Waals surface area contributed by atoms with E-state index >= 15 is 0 Å². The number of aromatic nitrogens is 2. The lowest BCUT2D eigenvalue weighted by Gasteiger charge is -2.39. The van der Waals surface area contributed by atoms with Crippen molar-refractivity contribution in [1.29, 1.82) is 0 Å². The van der Waals surface area contributed by atoms with Crippen molar-refractivity contribution in [2.75, 3.05) is 22.5 Å². The van der Waals surface area contributed by atoms with E-state index in [4.69, 9.17) is 17.3 Å². The van der Waals surface area contributed by atoms with E-state index in [9.17, 15) is 4.39 Å². The van der Waals surface area contributed by atoms with Crippen LogP contribution < -0.4 is 16.0 Å². The number of hydrogen-bond acceptors (Lipinski definition) is 5. The third-order valence-corrected chi connectivity index (χ3v) is 6.02. The van der Waals surface area contributed by atoms with Gasteiger partial charge in [-0.05, 0) is 48.3 Å². The van der Waals surface area contributed by atoms with Gasteiger partial charge in [-0.1, -0.05) is 32.4 Å². The quantitative estimate of drug-likeness (QED) is 0.773. The van der Waals surface area contributed by atoms with E-state index in [1.807, 2.05) is 0 Å². The molecule has 2 atom stereocenters. The van der Waals surface area contributed by atoms with Crippen molar-refractivity contribution < 1.29 is 4.39 Å². The van der Waals surface area contributed by atoms with Gasteiger partial charge in [0.1, 0.15) is 17.8 Å². The SMILES string of the molecule is CC1(C)CC2CC(C)(CN2c2ncnc(Nc3ccc(F)c(Cl)c3)c2N)C1. The molecule has 4 rings (SSSR count). The predicted molar refractivity (Wildman–Crippen MR) is 108 cm³/mol. The van der Waals surface area contributed by atoms with Crippen molar-refractivity contribution >= 4 is 34.6 Å². The first-order valence-corrected chi connectivity index (χ1v) is 9.63.